The van der Waals surface area contributed by atoms with Crippen molar-refractivity contribution in [3.05, 3.63) is 71.3 Å². The van der Waals surface area contributed by atoms with E-state index in [1.54, 1.807) is 6.92 Å². The van der Waals surface area contributed by atoms with E-state index in [9.17, 15) is 10.0 Å². The van der Waals surface area contributed by atoms with E-state index < -0.39 is 12.1 Å². The Morgan fingerprint density at radius 1 is 1.32 bits per heavy atom. The Hall–Kier alpha value is -3.30. The summed E-state index contributed by atoms with van der Waals surface area (Å²) in [6.45, 7) is 2.20. The molecule has 2 amide bonds. The number of aliphatic imine (C=N–C) groups is 1. The molecule has 1 aliphatic heterocycles. The van der Waals surface area contributed by atoms with Crippen molar-refractivity contribution >= 4 is 11.9 Å². The molecule has 3 rings (SSSR count). The number of carbonyl (C=O) groups is 1. The van der Waals surface area contributed by atoms with Gasteiger partial charge in [-0.25, -0.2) is 9.79 Å². The Bertz CT molecular complexity index is 915. The van der Waals surface area contributed by atoms with Gasteiger partial charge in [-0.2, -0.15) is 5.06 Å². The first-order valence-electron chi connectivity index (χ1n) is 9.13. The Balaban J connectivity index is 1.69. The second-order valence-corrected chi connectivity index (χ2v) is 6.51. The molecule has 0 fully saturated rings. The minimum Gasteiger partial charge on any atom is -0.475 e. The number of benzene rings is 2. The third-order valence-electron chi connectivity index (χ3n) is 4.35. The molecule has 6 nitrogen and oxygen atoms in total. The minimum absolute atomic E-state index is 0.0997. The lowest BCUT2D eigenvalue weighted by atomic mass is 10.1. The van der Waals surface area contributed by atoms with E-state index >= 15 is 0 Å². The van der Waals surface area contributed by atoms with Gasteiger partial charge in [0.2, 0.25) is 5.90 Å². The number of nitrogens with zero attached hydrogens (tertiary/aromatic N) is 2. The number of urea groups is 1. The molecule has 2 unspecified atom stereocenters. The first-order chi connectivity index (χ1) is 13.6. The molecule has 0 saturated heterocycles. The maximum atomic E-state index is 11.4. The Morgan fingerprint density at radius 3 is 2.86 bits per heavy atom. The Labute approximate surface area is 164 Å². The van der Waals surface area contributed by atoms with E-state index in [-0.39, 0.29) is 6.04 Å². The van der Waals surface area contributed by atoms with E-state index in [1.165, 1.54) is 12.6 Å². The van der Waals surface area contributed by atoms with Gasteiger partial charge in [0.1, 0.15) is 12.6 Å². The first kappa shape index (κ1) is 19.5. The van der Waals surface area contributed by atoms with Gasteiger partial charge in [0.15, 0.2) is 0 Å². The van der Waals surface area contributed by atoms with Crippen molar-refractivity contribution < 1.29 is 14.7 Å². The zero-order chi connectivity index (χ0) is 19.9. The van der Waals surface area contributed by atoms with E-state index in [0.29, 0.717) is 17.6 Å². The number of hydrogen-bond acceptors (Lipinski definition) is 4. The average molecular weight is 377 g/mol. The van der Waals surface area contributed by atoms with Crippen LogP contribution in [0.5, 0.6) is 0 Å². The van der Waals surface area contributed by atoms with Crippen molar-refractivity contribution in [1.82, 2.24) is 10.4 Å². The standard InChI is InChI=1S/C22H23N3O3/c1-16(25(27)22(26)23-2)11-12-18-9-6-10-19(13-18)21-24-20(15-28-21)14-17-7-4-3-5-8-17/h3-10,13,16,20,27H,14-15H2,1-2H3,(H,23,26). The topological polar surface area (TPSA) is 74.2 Å². The third-order valence-corrected chi connectivity index (χ3v) is 4.35. The number of hydroxylamine groups is 2. The van der Waals surface area contributed by atoms with Crippen molar-refractivity contribution in [2.45, 2.75) is 25.4 Å². The van der Waals surface area contributed by atoms with Crippen LogP contribution in [-0.4, -0.2) is 47.9 Å². The summed E-state index contributed by atoms with van der Waals surface area (Å²) in [7, 11) is 1.45. The summed E-state index contributed by atoms with van der Waals surface area (Å²) in [6, 6.07) is 16.7. The molecule has 0 radical (unpaired) electrons. The highest BCUT2D eigenvalue weighted by molar-refractivity contribution is 5.95. The molecule has 2 aromatic carbocycles. The normalized spacial score (nSPS) is 16.2. The lowest BCUT2D eigenvalue weighted by molar-refractivity contribution is -0.0566. The summed E-state index contributed by atoms with van der Waals surface area (Å²) in [5.74, 6) is 6.45. The van der Waals surface area contributed by atoms with Crippen molar-refractivity contribution in [3.63, 3.8) is 0 Å². The van der Waals surface area contributed by atoms with Gasteiger partial charge in [-0.1, -0.05) is 48.2 Å². The highest BCUT2D eigenvalue weighted by Gasteiger charge is 2.20. The molecule has 1 heterocycles. The highest BCUT2D eigenvalue weighted by atomic mass is 16.5. The van der Waals surface area contributed by atoms with E-state index in [2.05, 4.69) is 29.3 Å². The molecule has 6 heteroatoms. The SMILES string of the molecule is CNC(=O)N(O)C(C)C#Cc1cccc(C2=NC(Cc3ccccc3)CO2)c1. The number of amides is 2. The van der Waals surface area contributed by atoms with Gasteiger partial charge in [0, 0.05) is 18.2 Å². The van der Waals surface area contributed by atoms with Gasteiger partial charge in [0.25, 0.3) is 0 Å². The molecule has 0 saturated carbocycles. The second-order valence-electron chi connectivity index (χ2n) is 6.51. The summed E-state index contributed by atoms with van der Waals surface area (Å²) < 4.78 is 5.79. The second kappa shape index (κ2) is 9.07. The van der Waals surface area contributed by atoms with Crippen LogP contribution in [0.1, 0.15) is 23.6 Å². The molecular weight excluding hydrogens is 354 g/mol. The number of hydrogen-bond donors (Lipinski definition) is 2. The van der Waals surface area contributed by atoms with Crippen molar-refractivity contribution in [1.29, 1.82) is 0 Å². The predicted octanol–water partition coefficient (Wildman–Crippen LogP) is 2.85. The minimum atomic E-state index is -0.640. The zero-order valence-corrected chi connectivity index (χ0v) is 15.9. The highest BCUT2D eigenvalue weighted by Crippen LogP contribution is 2.16. The largest absolute Gasteiger partial charge is 0.475 e. The molecule has 0 aromatic heterocycles. The fourth-order valence-corrected chi connectivity index (χ4v) is 2.83. The summed E-state index contributed by atoms with van der Waals surface area (Å²) in [5.41, 5.74) is 2.86. The maximum Gasteiger partial charge on any atom is 0.342 e. The average Bonchev–Trinajstić information content (AvgIpc) is 3.20. The number of ether oxygens (including phenoxy) is 1. The van der Waals surface area contributed by atoms with Gasteiger partial charge in [-0.15, -0.1) is 0 Å². The van der Waals surface area contributed by atoms with Crippen LogP contribution < -0.4 is 5.32 Å². The van der Waals surface area contributed by atoms with Gasteiger partial charge in [-0.05, 0) is 37.1 Å². The monoisotopic (exact) mass is 377 g/mol. The predicted molar refractivity (Wildman–Crippen MR) is 107 cm³/mol. The fraction of sp³-hybridized carbons (Fsp3) is 0.273. The molecule has 28 heavy (non-hydrogen) atoms. The van der Waals surface area contributed by atoms with Crippen molar-refractivity contribution in [2.75, 3.05) is 13.7 Å². The number of rotatable bonds is 4. The molecule has 2 N–H and O–H groups in total. The lowest BCUT2D eigenvalue weighted by Gasteiger charge is -2.16. The lowest BCUT2D eigenvalue weighted by Crippen LogP contribution is -2.40. The zero-order valence-electron chi connectivity index (χ0n) is 15.9. The van der Waals surface area contributed by atoms with Crippen LogP contribution in [0.4, 0.5) is 4.79 Å². The molecule has 2 atom stereocenters. The fourth-order valence-electron chi connectivity index (χ4n) is 2.83. The molecule has 0 spiro atoms. The molecule has 2 aromatic rings. The Morgan fingerprint density at radius 2 is 2.11 bits per heavy atom. The summed E-state index contributed by atoms with van der Waals surface area (Å²) in [6.07, 6.45) is 0.840. The molecular formula is C22H23N3O3. The van der Waals surface area contributed by atoms with Gasteiger partial charge >= 0.3 is 6.03 Å². The smallest absolute Gasteiger partial charge is 0.342 e. The van der Waals surface area contributed by atoms with Gasteiger partial charge in [0.05, 0.1) is 6.04 Å². The van der Waals surface area contributed by atoms with Gasteiger partial charge < -0.3 is 10.1 Å². The third kappa shape index (κ3) is 4.90. The van der Waals surface area contributed by atoms with Crippen LogP contribution in [-0.2, 0) is 11.2 Å². The maximum absolute atomic E-state index is 11.4. The molecule has 0 aliphatic carbocycles. The van der Waals surface area contributed by atoms with Crippen LogP contribution in [0.3, 0.4) is 0 Å². The first-order valence-corrected chi connectivity index (χ1v) is 9.13. The van der Waals surface area contributed by atoms with E-state index in [4.69, 9.17) is 9.73 Å². The van der Waals surface area contributed by atoms with E-state index in [1.807, 2.05) is 42.5 Å². The van der Waals surface area contributed by atoms with E-state index in [0.717, 1.165) is 17.5 Å². The van der Waals surface area contributed by atoms with Crippen LogP contribution in [0.25, 0.3) is 0 Å². The quantitative estimate of drug-likeness (QED) is 0.489. The van der Waals surface area contributed by atoms with Crippen molar-refractivity contribution in [2.24, 2.45) is 4.99 Å². The summed E-state index contributed by atoms with van der Waals surface area (Å²) in [4.78, 5) is 16.1. The van der Waals surface area contributed by atoms with Crippen LogP contribution in [0, 0.1) is 11.8 Å². The Kier molecular flexibility index (Phi) is 6.30. The number of carbonyl (C=O) groups excluding carboxylic acids is 1. The van der Waals surface area contributed by atoms with Crippen LogP contribution in [0.2, 0.25) is 0 Å². The van der Waals surface area contributed by atoms with Gasteiger partial charge in [-0.3, -0.25) is 5.21 Å². The molecule has 1 aliphatic rings. The summed E-state index contributed by atoms with van der Waals surface area (Å²) in [5, 5.41) is 12.6. The molecule has 0 bridgehead atoms. The van der Waals surface area contributed by atoms with Crippen LogP contribution >= 0.6 is 0 Å². The van der Waals surface area contributed by atoms with Crippen LogP contribution in [0.15, 0.2) is 59.6 Å². The van der Waals surface area contributed by atoms with Crippen molar-refractivity contribution in [3.8, 4) is 11.8 Å². The molecule has 144 valence electrons. The number of nitrogens with one attached hydrogen (secondary N) is 1. The summed E-state index contributed by atoms with van der Waals surface area (Å²) >= 11 is 0.